The fourth-order valence-corrected chi connectivity index (χ4v) is 6.70. The summed E-state index contributed by atoms with van der Waals surface area (Å²) in [6.45, 7) is 1.42. The van der Waals surface area contributed by atoms with Gasteiger partial charge in [-0.25, -0.2) is 9.78 Å². The summed E-state index contributed by atoms with van der Waals surface area (Å²) in [6.07, 6.45) is 7.39. The molecular weight excluding hydrogens is 478 g/mol. The van der Waals surface area contributed by atoms with Crippen LogP contribution >= 0.6 is 0 Å². The van der Waals surface area contributed by atoms with E-state index in [2.05, 4.69) is 59.2 Å². The number of pyridine rings is 1. The van der Waals surface area contributed by atoms with E-state index < -0.39 is 5.91 Å². The van der Waals surface area contributed by atoms with Gasteiger partial charge >= 0.3 is 6.03 Å². The molecule has 3 aliphatic rings. The van der Waals surface area contributed by atoms with Crippen LogP contribution in [0.2, 0.25) is 0 Å². The maximum atomic E-state index is 13.8. The van der Waals surface area contributed by atoms with Crippen molar-refractivity contribution in [3.05, 3.63) is 65.5 Å². The lowest BCUT2D eigenvalue weighted by atomic mass is 9.68. The molecule has 0 atom stereocenters. The minimum atomic E-state index is -0.621. The molecule has 0 radical (unpaired) electrons. The minimum Gasteiger partial charge on any atom is -0.364 e. The number of carbonyl (C=O) groups is 3. The number of benzene rings is 1. The number of carbonyl (C=O) groups excluding carboxylic acids is 3. The van der Waals surface area contributed by atoms with Crippen LogP contribution in [0.4, 0.5) is 4.79 Å². The van der Waals surface area contributed by atoms with Crippen LogP contribution in [0.5, 0.6) is 0 Å². The number of primary amides is 1. The highest BCUT2D eigenvalue weighted by Gasteiger charge is 2.55. The van der Waals surface area contributed by atoms with E-state index >= 15 is 0 Å². The molecule has 1 aromatic carbocycles. The van der Waals surface area contributed by atoms with Crippen molar-refractivity contribution in [2.45, 2.75) is 62.4 Å². The molecule has 2 aliphatic carbocycles. The predicted molar refractivity (Wildman–Crippen MR) is 145 cm³/mol. The molecule has 2 aromatic rings. The Morgan fingerprint density at radius 2 is 1.74 bits per heavy atom. The summed E-state index contributed by atoms with van der Waals surface area (Å²) in [5.74, 6) is -0.151. The van der Waals surface area contributed by atoms with Crippen molar-refractivity contribution in [3.8, 4) is 0 Å². The zero-order valence-electron chi connectivity index (χ0n) is 22.6. The number of nitrogens with zero attached hydrogens (tertiary/aromatic N) is 4. The van der Waals surface area contributed by atoms with Crippen LogP contribution in [-0.4, -0.2) is 76.7 Å². The van der Waals surface area contributed by atoms with Crippen LogP contribution in [0.3, 0.4) is 0 Å². The Hall–Kier alpha value is -3.26. The lowest BCUT2D eigenvalue weighted by Gasteiger charge is -2.51. The van der Waals surface area contributed by atoms with Crippen LogP contribution in [0.15, 0.2) is 48.5 Å². The smallest absolute Gasteiger partial charge is 0.321 e. The Morgan fingerprint density at radius 3 is 2.34 bits per heavy atom. The summed E-state index contributed by atoms with van der Waals surface area (Å²) in [7, 11) is 4.31. The van der Waals surface area contributed by atoms with Crippen molar-refractivity contribution < 1.29 is 14.4 Å². The number of hydrogen-bond donors (Lipinski definition) is 1. The van der Waals surface area contributed by atoms with Crippen LogP contribution in [0.1, 0.15) is 66.7 Å². The number of ketones is 1. The van der Waals surface area contributed by atoms with E-state index in [1.54, 1.807) is 17.0 Å². The minimum absolute atomic E-state index is 0.0128. The van der Waals surface area contributed by atoms with Gasteiger partial charge in [0.25, 0.3) is 5.91 Å². The Bertz CT molecular complexity index is 1190. The topological polar surface area (TPSA) is 99.8 Å². The first-order valence-corrected chi connectivity index (χ1v) is 13.8. The summed E-state index contributed by atoms with van der Waals surface area (Å²) in [4.78, 5) is 48.7. The van der Waals surface area contributed by atoms with Crippen molar-refractivity contribution in [3.63, 3.8) is 0 Å². The number of nitrogens with two attached hydrogens (primary N) is 1. The van der Waals surface area contributed by atoms with Crippen molar-refractivity contribution in [2.24, 2.45) is 11.7 Å². The number of urea groups is 1. The van der Waals surface area contributed by atoms with Gasteiger partial charge in [0.05, 0.1) is 18.5 Å². The van der Waals surface area contributed by atoms with E-state index in [-0.39, 0.29) is 41.6 Å². The quantitative estimate of drug-likeness (QED) is 0.548. The molecule has 5 rings (SSSR count). The lowest BCUT2D eigenvalue weighted by molar-refractivity contribution is -0.119. The lowest BCUT2D eigenvalue weighted by Crippen LogP contribution is -2.56. The van der Waals surface area contributed by atoms with Gasteiger partial charge < -0.3 is 15.5 Å². The van der Waals surface area contributed by atoms with Crippen molar-refractivity contribution in [1.29, 1.82) is 0 Å². The highest BCUT2D eigenvalue weighted by Crippen LogP contribution is 2.49. The normalized spacial score (nSPS) is 25.7. The van der Waals surface area contributed by atoms with Crippen molar-refractivity contribution in [1.82, 2.24) is 19.7 Å². The SMILES string of the molecule is CN(C)C1(c2ccccc2)CCC2(CC1)CN(CC(=O)Cc1cccc(C(N)=O)n1)C(=O)N2CC1CCC1. The Morgan fingerprint density at radius 1 is 1.03 bits per heavy atom. The highest BCUT2D eigenvalue weighted by molar-refractivity contribution is 5.91. The van der Waals surface area contributed by atoms with Gasteiger partial charge in [-0.1, -0.05) is 42.8 Å². The third-order valence-corrected chi connectivity index (χ3v) is 9.20. The highest BCUT2D eigenvalue weighted by atomic mass is 16.2. The van der Waals surface area contributed by atoms with Gasteiger partial charge in [0.15, 0.2) is 5.78 Å². The van der Waals surface area contributed by atoms with Crippen LogP contribution in [0.25, 0.3) is 0 Å². The maximum Gasteiger partial charge on any atom is 0.321 e. The number of amides is 3. The molecule has 3 amide bonds. The van der Waals surface area contributed by atoms with E-state index in [9.17, 15) is 14.4 Å². The Balaban J connectivity index is 1.33. The van der Waals surface area contributed by atoms with Gasteiger partial charge in [-0.05, 0) is 76.2 Å². The van der Waals surface area contributed by atoms with E-state index in [1.807, 2.05) is 0 Å². The number of aromatic nitrogens is 1. The monoisotopic (exact) mass is 517 g/mol. The molecule has 202 valence electrons. The molecule has 2 N–H and O–H groups in total. The van der Waals surface area contributed by atoms with Crippen LogP contribution in [-0.2, 0) is 16.8 Å². The van der Waals surface area contributed by atoms with Gasteiger partial charge in [0.1, 0.15) is 5.69 Å². The summed E-state index contributed by atoms with van der Waals surface area (Å²) < 4.78 is 0. The molecule has 1 saturated heterocycles. The standard InChI is InChI=1S/C30H39N5O3/c1-33(2)30(23-10-4-3-5-11-23)16-14-29(15-17-30)21-34(28(38)35(29)19-22-8-6-9-22)20-25(36)18-24-12-7-13-26(32-24)27(31)37/h3-5,7,10-13,22H,6,8-9,14-21H2,1-2H3,(H2,31,37). The second kappa shape index (κ2) is 10.5. The summed E-state index contributed by atoms with van der Waals surface area (Å²) >= 11 is 0. The van der Waals surface area contributed by atoms with Crippen molar-refractivity contribution >= 4 is 17.7 Å². The zero-order chi connectivity index (χ0) is 26.9. The molecule has 1 spiro atoms. The van der Waals surface area contributed by atoms with Gasteiger partial charge in [-0.3, -0.25) is 14.5 Å². The fraction of sp³-hybridized carbons (Fsp3) is 0.533. The van der Waals surface area contributed by atoms with Gasteiger partial charge in [0, 0.05) is 24.3 Å². The second-order valence-electron chi connectivity index (χ2n) is 11.7. The summed E-state index contributed by atoms with van der Waals surface area (Å²) in [5, 5.41) is 0. The zero-order valence-corrected chi connectivity index (χ0v) is 22.6. The summed E-state index contributed by atoms with van der Waals surface area (Å²) in [5.41, 5.74) is 7.00. The largest absolute Gasteiger partial charge is 0.364 e. The van der Waals surface area contributed by atoms with E-state index in [0.717, 1.165) is 32.2 Å². The molecule has 0 unspecified atom stereocenters. The molecule has 8 nitrogen and oxygen atoms in total. The Kier molecular flexibility index (Phi) is 7.27. The number of rotatable bonds is 9. The van der Waals surface area contributed by atoms with E-state index in [0.29, 0.717) is 18.2 Å². The number of Topliss-reactive ketones (excluding diaryl/α,β-unsaturated/α-hetero) is 1. The first-order chi connectivity index (χ1) is 18.2. The Labute approximate surface area is 225 Å². The van der Waals surface area contributed by atoms with E-state index in [4.69, 9.17) is 5.73 Å². The molecule has 2 saturated carbocycles. The average Bonchev–Trinajstić information content (AvgIpc) is 3.12. The fourth-order valence-electron chi connectivity index (χ4n) is 6.70. The predicted octanol–water partition coefficient (Wildman–Crippen LogP) is 3.60. The third kappa shape index (κ3) is 4.94. The molecule has 1 aromatic heterocycles. The molecule has 2 heterocycles. The molecule has 1 aliphatic heterocycles. The van der Waals surface area contributed by atoms with Crippen molar-refractivity contribution in [2.75, 3.05) is 33.7 Å². The maximum absolute atomic E-state index is 13.8. The first kappa shape index (κ1) is 26.4. The van der Waals surface area contributed by atoms with Crippen LogP contribution < -0.4 is 5.73 Å². The molecule has 3 fully saturated rings. The first-order valence-electron chi connectivity index (χ1n) is 13.8. The molecule has 0 bridgehead atoms. The van der Waals surface area contributed by atoms with Crippen LogP contribution in [0, 0.1) is 5.92 Å². The average molecular weight is 518 g/mol. The van der Waals surface area contributed by atoms with Gasteiger partial charge in [-0.15, -0.1) is 0 Å². The van der Waals surface area contributed by atoms with E-state index in [1.165, 1.54) is 30.9 Å². The van der Waals surface area contributed by atoms with Gasteiger partial charge in [-0.2, -0.15) is 0 Å². The number of hydrogen-bond acceptors (Lipinski definition) is 5. The van der Waals surface area contributed by atoms with Gasteiger partial charge in [0.2, 0.25) is 0 Å². The molecule has 8 heteroatoms. The summed E-state index contributed by atoms with van der Waals surface area (Å²) in [6, 6.07) is 15.6. The molecular formula is C30H39N5O3. The third-order valence-electron chi connectivity index (χ3n) is 9.20. The second-order valence-corrected chi connectivity index (χ2v) is 11.7. The molecule has 38 heavy (non-hydrogen) atoms.